The van der Waals surface area contributed by atoms with E-state index in [0.29, 0.717) is 36.4 Å². The van der Waals surface area contributed by atoms with Crippen LogP contribution in [0.4, 0.5) is 0 Å². The fraction of sp³-hybridized carbons (Fsp3) is 0.222. The Balaban J connectivity index is 1.62. The first kappa shape index (κ1) is 15.6. The number of ether oxygens (including phenoxy) is 1. The molecule has 1 aliphatic rings. The SMILES string of the molecule is [B]c1ccc2cc(C(=O)N3CCc4cc(O)c(OC)cc4C3)nn2c1. The molecule has 1 aromatic carbocycles. The Kier molecular flexibility index (Phi) is 3.64. The maximum Gasteiger partial charge on any atom is 0.274 e. The summed E-state index contributed by atoms with van der Waals surface area (Å²) >= 11 is 0. The monoisotopic (exact) mass is 333 g/mol. The summed E-state index contributed by atoms with van der Waals surface area (Å²) in [5.41, 5.74) is 3.81. The number of phenolic OH excluding ortho intramolecular Hbond substituents is 1. The van der Waals surface area contributed by atoms with E-state index in [4.69, 9.17) is 12.6 Å². The number of hydrogen-bond acceptors (Lipinski definition) is 4. The molecule has 1 amide bonds. The highest BCUT2D eigenvalue weighted by Gasteiger charge is 2.25. The molecule has 7 heteroatoms. The summed E-state index contributed by atoms with van der Waals surface area (Å²) in [6, 6.07) is 8.87. The minimum atomic E-state index is -0.125. The van der Waals surface area contributed by atoms with Crippen molar-refractivity contribution in [2.24, 2.45) is 0 Å². The van der Waals surface area contributed by atoms with Gasteiger partial charge in [-0.1, -0.05) is 11.5 Å². The third-order valence-corrected chi connectivity index (χ3v) is 4.50. The Morgan fingerprint density at radius 2 is 2.12 bits per heavy atom. The molecule has 0 atom stereocenters. The molecule has 0 spiro atoms. The molecule has 3 heterocycles. The van der Waals surface area contributed by atoms with E-state index in [-0.39, 0.29) is 11.7 Å². The van der Waals surface area contributed by atoms with Crippen LogP contribution in [0.1, 0.15) is 21.6 Å². The van der Waals surface area contributed by atoms with Crippen molar-refractivity contribution in [3.05, 3.63) is 53.3 Å². The quantitative estimate of drug-likeness (QED) is 0.712. The van der Waals surface area contributed by atoms with Crippen molar-refractivity contribution >= 4 is 24.7 Å². The molecule has 25 heavy (non-hydrogen) atoms. The van der Waals surface area contributed by atoms with E-state index >= 15 is 0 Å². The predicted octanol–water partition coefficient (Wildman–Crippen LogP) is 1.04. The van der Waals surface area contributed by atoms with Gasteiger partial charge in [-0.2, -0.15) is 5.10 Å². The topological polar surface area (TPSA) is 67.1 Å². The van der Waals surface area contributed by atoms with Gasteiger partial charge in [0, 0.05) is 19.3 Å². The number of pyridine rings is 1. The van der Waals surface area contributed by atoms with Gasteiger partial charge in [-0.3, -0.25) is 4.79 Å². The zero-order chi connectivity index (χ0) is 17.6. The van der Waals surface area contributed by atoms with Crippen molar-refractivity contribution in [1.82, 2.24) is 14.5 Å². The third-order valence-electron chi connectivity index (χ3n) is 4.50. The fourth-order valence-corrected chi connectivity index (χ4v) is 3.18. The average Bonchev–Trinajstić information content (AvgIpc) is 3.03. The Labute approximate surface area is 146 Å². The molecular formula is C18H16BN3O3. The van der Waals surface area contributed by atoms with Crippen molar-refractivity contribution < 1.29 is 14.6 Å². The number of benzene rings is 1. The van der Waals surface area contributed by atoms with Crippen LogP contribution in [0.5, 0.6) is 11.5 Å². The Morgan fingerprint density at radius 1 is 1.28 bits per heavy atom. The maximum absolute atomic E-state index is 12.8. The van der Waals surface area contributed by atoms with Crippen LogP contribution in [0.25, 0.3) is 5.52 Å². The average molecular weight is 333 g/mol. The van der Waals surface area contributed by atoms with Crippen molar-refractivity contribution in [3.63, 3.8) is 0 Å². The first-order valence-corrected chi connectivity index (χ1v) is 7.98. The highest BCUT2D eigenvalue weighted by Crippen LogP contribution is 2.32. The summed E-state index contributed by atoms with van der Waals surface area (Å²) < 4.78 is 6.77. The lowest BCUT2D eigenvalue weighted by Gasteiger charge is -2.28. The van der Waals surface area contributed by atoms with Crippen LogP contribution < -0.4 is 10.2 Å². The summed E-state index contributed by atoms with van der Waals surface area (Å²) in [5.74, 6) is 0.412. The van der Waals surface area contributed by atoms with E-state index in [9.17, 15) is 9.90 Å². The molecular weight excluding hydrogens is 317 g/mol. The molecule has 0 saturated heterocycles. The first-order chi connectivity index (χ1) is 12.0. The number of aromatic hydroxyl groups is 1. The summed E-state index contributed by atoms with van der Waals surface area (Å²) in [7, 11) is 7.27. The van der Waals surface area contributed by atoms with Crippen molar-refractivity contribution in [1.29, 1.82) is 0 Å². The van der Waals surface area contributed by atoms with Gasteiger partial charge >= 0.3 is 0 Å². The number of methoxy groups -OCH3 is 1. The summed E-state index contributed by atoms with van der Waals surface area (Å²) in [6.07, 6.45) is 2.37. The van der Waals surface area contributed by atoms with Gasteiger partial charge in [0.05, 0.1) is 12.6 Å². The van der Waals surface area contributed by atoms with Crippen LogP contribution >= 0.6 is 0 Å². The third kappa shape index (κ3) is 2.71. The number of aromatic nitrogens is 2. The summed E-state index contributed by atoms with van der Waals surface area (Å²) in [6.45, 7) is 1.04. The largest absolute Gasteiger partial charge is 0.504 e. The van der Waals surface area contributed by atoms with Crippen LogP contribution in [0.2, 0.25) is 0 Å². The standard InChI is InChI=1S/C18H16BN3O3/c1-25-17-7-12-9-21(5-4-11(12)6-16(17)23)18(24)15-8-14-3-2-13(19)10-22(14)20-15/h2-3,6-8,10,23H,4-5,9H2,1H3. The van der Waals surface area contributed by atoms with E-state index < -0.39 is 0 Å². The number of amides is 1. The van der Waals surface area contributed by atoms with Gasteiger partial charge in [0.1, 0.15) is 7.85 Å². The van der Waals surface area contributed by atoms with Crippen molar-refractivity contribution in [3.8, 4) is 11.5 Å². The maximum atomic E-state index is 12.8. The van der Waals surface area contributed by atoms with Crippen LogP contribution in [0.3, 0.4) is 0 Å². The fourth-order valence-electron chi connectivity index (χ4n) is 3.18. The number of carbonyl (C=O) groups is 1. The second-order valence-corrected chi connectivity index (χ2v) is 6.13. The van der Waals surface area contributed by atoms with E-state index in [0.717, 1.165) is 16.6 Å². The highest BCUT2D eigenvalue weighted by atomic mass is 16.5. The minimum Gasteiger partial charge on any atom is -0.504 e. The molecule has 1 aliphatic heterocycles. The van der Waals surface area contributed by atoms with Crippen molar-refractivity contribution in [2.75, 3.05) is 13.7 Å². The summed E-state index contributed by atoms with van der Waals surface area (Å²) in [4.78, 5) is 14.6. The highest BCUT2D eigenvalue weighted by molar-refractivity contribution is 6.32. The van der Waals surface area contributed by atoms with Crippen LogP contribution in [-0.2, 0) is 13.0 Å². The molecule has 124 valence electrons. The predicted molar refractivity (Wildman–Crippen MR) is 93.7 cm³/mol. The number of rotatable bonds is 2. The molecule has 1 N–H and O–H groups in total. The minimum absolute atomic E-state index is 0.124. The lowest BCUT2D eigenvalue weighted by Crippen LogP contribution is -2.36. The zero-order valence-corrected chi connectivity index (χ0v) is 13.8. The molecule has 2 radical (unpaired) electrons. The Morgan fingerprint density at radius 3 is 2.92 bits per heavy atom. The number of nitrogens with zero attached hydrogens (tertiary/aromatic N) is 3. The zero-order valence-electron chi connectivity index (χ0n) is 13.8. The first-order valence-electron chi connectivity index (χ1n) is 7.98. The number of phenols is 1. The van der Waals surface area contributed by atoms with Crippen LogP contribution in [-0.4, -0.2) is 47.0 Å². The molecule has 6 nitrogen and oxygen atoms in total. The Hall–Kier alpha value is -2.96. The van der Waals surface area contributed by atoms with Crippen LogP contribution in [0, 0.1) is 0 Å². The van der Waals surface area contributed by atoms with Gasteiger partial charge in [0.15, 0.2) is 17.2 Å². The van der Waals surface area contributed by atoms with Gasteiger partial charge in [0.2, 0.25) is 0 Å². The lowest BCUT2D eigenvalue weighted by molar-refractivity contribution is 0.0728. The van der Waals surface area contributed by atoms with Gasteiger partial charge in [-0.25, -0.2) is 4.52 Å². The molecule has 0 bridgehead atoms. The van der Waals surface area contributed by atoms with E-state index in [1.165, 1.54) is 7.11 Å². The molecule has 4 rings (SSSR count). The molecule has 0 fully saturated rings. The summed E-state index contributed by atoms with van der Waals surface area (Å²) in [5, 5.41) is 14.2. The molecule has 0 saturated carbocycles. The van der Waals surface area contributed by atoms with Crippen LogP contribution in [0.15, 0.2) is 36.5 Å². The van der Waals surface area contributed by atoms with E-state index in [1.807, 2.05) is 6.07 Å². The van der Waals surface area contributed by atoms with Gasteiger partial charge < -0.3 is 14.7 Å². The van der Waals surface area contributed by atoms with Gasteiger partial charge in [-0.05, 0) is 41.8 Å². The smallest absolute Gasteiger partial charge is 0.274 e. The second-order valence-electron chi connectivity index (χ2n) is 6.13. The normalized spacial score (nSPS) is 13.7. The molecule has 0 aliphatic carbocycles. The lowest BCUT2D eigenvalue weighted by atomic mass is 9.98. The number of hydrogen-bond donors (Lipinski definition) is 1. The van der Waals surface area contributed by atoms with Gasteiger partial charge in [0.25, 0.3) is 5.91 Å². The van der Waals surface area contributed by atoms with E-state index in [2.05, 4.69) is 5.10 Å². The van der Waals surface area contributed by atoms with E-state index in [1.54, 1.807) is 39.9 Å². The van der Waals surface area contributed by atoms with Gasteiger partial charge in [-0.15, -0.1) is 0 Å². The number of carbonyl (C=O) groups excluding carboxylic acids is 1. The van der Waals surface area contributed by atoms with Crippen molar-refractivity contribution in [2.45, 2.75) is 13.0 Å². The molecule has 3 aromatic rings. The second kappa shape index (κ2) is 5.84. The molecule has 0 unspecified atom stereocenters. The molecule has 2 aromatic heterocycles. The Bertz CT molecular complexity index is 983. The number of fused-ring (bicyclic) bond motifs is 2.